The SMILES string of the molecule is C[C@H](c1cccc2ccccc12)n1cc[n+]([C@H](C)c2cccc3ccccc23)p1. The Labute approximate surface area is 173 Å². The molecule has 0 spiro atoms. The monoisotopic (exact) mass is 395 g/mol. The van der Waals surface area contributed by atoms with Gasteiger partial charge in [0.05, 0.1) is 0 Å². The Morgan fingerprint density at radius 1 is 0.690 bits per heavy atom. The number of benzene rings is 4. The molecule has 2 nitrogen and oxygen atoms in total. The van der Waals surface area contributed by atoms with Crippen molar-refractivity contribution in [3.05, 3.63) is 108 Å². The van der Waals surface area contributed by atoms with Crippen LogP contribution in [0.3, 0.4) is 0 Å². The molecule has 1 aromatic heterocycles. The molecule has 0 saturated heterocycles. The molecule has 5 rings (SSSR count). The predicted octanol–water partition coefficient (Wildman–Crippen LogP) is 6.88. The van der Waals surface area contributed by atoms with Crippen LogP contribution in [0.1, 0.15) is 37.1 Å². The van der Waals surface area contributed by atoms with Crippen LogP contribution in [-0.4, -0.2) is 4.33 Å². The maximum absolute atomic E-state index is 2.41. The van der Waals surface area contributed by atoms with Gasteiger partial charge in [-0.25, -0.2) is 8.66 Å². The Kier molecular flexibility index (Phi) is 4.66. The molecule has 0 unspecified atom stereocenters. The lowest BCUT2D eigenvalue weighted by atomic mass is 10.00. The lowest BCUT2D eigenvalue weighted by Gasteiger charge is -2.12. The van der Waals surface area contributed by atoms with Gasteiger partial charge in [-0.05, 0) is 35.4 Å². The minimum Gasteiger partial charge on any atom is -0.208 e. The molecular formula is C26H24N2P+. The summed E-state index contributed by atoms with van der Waals surface area (Å²) in [6, 6.07) is 31.2. The Hall–Kier alpha value is -2.96. The van der Waals surface area contributed by atoms with Crippen molar-refractivity contribution in [2.45, 2.75) is 25.9 Å². The highest BCUT2D eigenvalue weighted by Crippen LogP contribution is 2.30. The number of fused-ring (bicyclic) bond motifs is 2. The van der Waals surface area contributed by atoms with Gasteiger partial charge in [0.1, 0.15) is 24.5 Å². The zero-order valence-corrected chi connectivity index (χ0v) is 17.6. The Morgan fingerprint density at radius 2 is 1.24 bits per heavy atom. The van der Waals surface area contributed by atoms with Crippen LogP contribution >= 0.6 is 8.51 Å². The molecule has 0 bridgehead atoms. The first-order chi connectivity index (χ1) is 14.2. The third kappa shape index (κ3) is 3.24. The van der Waals surface area contributed by atoms with Crippen LogP contribution < -0.4 is 4.33 Å². The minimum atomic E-state index is 0.309. The summed E-state index contributed by atoms with van der Waals surface area (Å²) in [5.74, 6) is 0. The fourth-order valence-electron chi connectivity index (χ4n) is 4.24. The zero-order valence-electron chi connectivity index (χ0n) is 16.7. The average Bonchev–Trinajstić information content (AvgIpc) is 3.28. The van der Waals surface area contributed by atoms with Gasteiger partial charge in [0.25, 0.3) is 0 Å². The Morgan fingerprint density at radius 3 is 1.93 bits per heavy atom. The van der Waals surface area contributed by atoms with E-state index in [2.05, 4.69) is 120 Å². The van der Waals surface area contributed by atoms with Gasteiger partial charge in [0.2, 0.25) is 0 Å². The molecule has 142 valence electrons. The van der Waals surface area contributed by atoms with Gasteiger partial charge in [-0.3, -0.25) is 0 Å². The fraction of sp³-hybridized carbons (Fsp3) is 0.154. The van der Waals surface area contributed by atoms with Crippen molar-refractivity contribution in [1.29, 1.82) is 0 Å². The molecule has 2 atom stereocenters. The van der Waals surface area contributed by atoms with E-state index in [1.165, 1.54) is 41.2 Å². The number of nitrogens with zero attached hydrogens (tertiary/aromatic N) is 2. The van der Waals surface area contributed by atoms with E-state index in [0.29, 0.717) is 12.1 Å². The molecule has 4 aromatic carbocycles. The second-order valence-electron chi connectivity index (χ2n) is 7.64. The third-order valence-corrected chi connectivity index (χ3v) is 7.29. The average molecular weight is 395 g/mol. The van der Waals surface area contributed by atoms with Crippen LogP contribution in [0.5, 0.6) is 0 Å². The van der Waals surface area contributed by atoms with Gasteiger partial charge in [0, 0.05) is 11.1 Å². The normalized spacial score (nSPS) is 13.9. The molecule has 0 aliphatic heterocycles. The van der Waals surface area contributed by atoms with Crippen molar-refractivity contribution in [1.82, 2.24) is 4.33 Å². The molecular weight excluding hydrogens is 371 g/mol. The maximum atomic E-state index is 2.41. The predicted molar refractivity (Wildman–Crippen MR) is 123 cm³/mol. The number of rotatable bonds is 4. The van der Waals surface area contributed by atoms with Crippen molar-refractivity contribution in [3.8, 4) is 0 Å². The van der Waals surface area contributed by atoms with Gasteiger partial charge in [-0.15, -0.1) is 0 Å². The second kappa shape index (κ2) is 7.46. The number of aromatic nitrogens is 2. The maximum Gasteiger partial charge on any atom is 0.347 e. The van der Waals surface area contributed by atoms with Crippen molar-refractivity contribution >= 4 is 30.1 Å². The summed E-state index contributed by atoms with van der Waals surface area (Å²) in [7, 11) is 1.19. The Balaban J connectivity index is 1.51. The lowest BCUT2D eigenvalue weighted by Crippen LogP contribution is -2.32. The summed E-state index contributed by atoms with van der Waals surface area (Å²) in [6.07, 6.45) is 4.46. The number of hydrogen-bond acceptors (Lipinski definition) is 0. The van der Waals surface area contributed by atoms with Gasteiger partial charge >= 0.3 is 8.51 Å². The first-order valence-corrected chi connectivity index (χ1v) is 10.9. The van der Waals surface area contributed by atoms with Crippen LogP contribution in [0.15, 0.2) is 97.3 Å². The van der Waals surface area contributed by atoms with Crippen LogP contribution in [0.2, 0.25) is 0 Å². The zero-order chi connectivity index (χ0) is 19.8. The quantitative estimate of drug-likeness (QED) is 0.314. The first-order valence-electron chi connectivity index (χ1n) is 10.1. The molecule has 0 fully saturated rings. The summed E-state index contributed by atoms with van der Waals surface area (Å²) in [6.45, 7) is 4.59. The van der Waals surface area contributed by atoms with Crippen molar-refractivity contribution in [3.63, 3.8) is 0 Å². The largest absolute Gasteiger partial charge is 0.347 e. The van der Waals surface area contributed by atoms with Crippen molar-refractivity contribution in [2.24, 2.45) is 0 Å². The highest BCUT2D eigenvalue weighted by atomic mass is 31.1. The summed E-state index contributed by atoms with van der Waals surface area (Å²) < 4.78 is 4.81. The molecule has 0 aliphatic rings. The van der Waals surface area contributed by atoms with Crippen molar-refractivity contribution < 1.29 is 4.33 Å². The summed E-state index contributed by atoms with van der Waals surface area (Å²) in [4.78, 5) is 0. The summed E-state index contributed by atoms with van der Waals surface area (Å²) >= 11 is 0. The van der Waals surface area contributed by atoms with Crippen LogP contribution in [0, 0.1) is 0 Å². The van der Waals surface area contributed by atoms with Crippen LogP contribution in [-0.2, 0) is 0 Å². The molecule has 0 radical (unpaired) electrons. The lowest BCUT2D eigenvalue weighted by molar-refractivity contribution is -0.641. The van der Waals surface area contributed by atoms with E-state index in [0.717, 1.165) is 0 Å². The minimum absolute atomic E-state index is 0.309. The van der Waals surface area contributed by atoms with E-state index in [4.69, 9.17) is 0 Å². The van der Waals surface area contributed by atoms with Crippen molar-refractivity contribution in [2.75, 3.05) is 0 Å². The highest BCUT2D eigenvalue weighted by molar-refractivity contribution is 7.17. The third-order valence-electron chi connectivity index (χ3n) is 5.92. The highest BCUT2D eigenvalue weighted by Gasteiger charge is 2.21. The van der Waals surface area contributed by atoms with E-state index < -0.39 is 0 Å². The standard InChI is InChI=1S/C26H24N2P/c1-19(23-15-7-11-21-9-3-5-13-25(21)23)27-17-18-28(29-27)20(2)24-16-8-12-22-10-4-6-14-26(22)24/h3-20H,1-2H3/q+1/t19-,20-/m1/s1. The van der Waals surface area contributed by atoms with Gasteiger partial charge in [-0.2, -0.15) is 0 Å². The van der Waals surface area contributed by atoms with Gasteiger partial charge in [-0.1, -0.05) is 84.9 Å². The van der Waals surface area contributed by atoms with Gasteiger partial charge in [0.15, 0.2) is 0 Å². The summed E-state index contributed by atoms with van der Waals surface area (Å²) in [5.41, 5.74) is 2.75. The van der Waals surface area contributed by atoms with Crippen LogP contribution in [0.4, 0.5) is 0 Å². The van der Waals surface area contributed by atoms with Crippen LogP contribution in [0.25, 0.3) is 21.5 Å². The molecule has 29 heavy (non-hydrogen) atoms. The molecule has 1 heterocycles. The van der Waals surface area contributed by atoms with E-state index >= 15 is 0 Å². The van der Waals surface area contributed by atoms with E-state index in [1.54, 1.807) is 0 Å². The topological polar surface area (TPSA) is 8.81 Å². The molecule has 5 aromatic rings. The van der Waals surface area contributed by atoms with E-state index in [1.807, 2.05) is 0 Å². The van der Waals surface area contributed by atoms with Gasteiger partial charge < -0.3 is 0 Å². The van der Waals surface area contributed by atoms with E-state index in [-0.39, 0.29) is 0 Å². The Bertz CT molecular complexity index is 1190. The smallest absolute Gasteiger partial charge is 0.208 e. The molecule has 3 heteroatoms. The molecule has 0 N–H and O–H groups in total. The fourth-order valence-corrected chi connectivity index (χ4v) is 5.28. The summed E-state index contributed by atoms with van der Waals surface area (Å²) in [5, 5.41) is 5.29. The molecule has 0 amide bonds. The molecule has 0 aliphatic carbocycles. The second-order valence-corrected chi connectivity index (χ2v) is 8.74. The first kappa shape index (κ1) is 18.1. The van der Waals surface area contributed by atoms with E-state index in [9.17, 15) is 0 Å². The number of hydrogen-bond donors (Lipinski definition) is 0. The molecule has 0 saturated carbocycles.